The number of ether oxygens (including phenoxy) is 2. The molecule has 0 radical (unpaired) electrons. The summed E-state index contributed by atoms with van der Waals surface area (Å²) in [5, 5.41) is 0. The molecule has 1 rings (SSSR count). The fourth-order valence-electron chi connectivity index (χ4n) is 2.16. The van der Waals surface area contributed by atoms with E-state index >= 15 is 0 Å². The molecule has 124 valence electrons. The van der Waals surface area contributed by atoms with E-state index in [0.717, 1.165) is 31.4 Å². The summed E-state index contributed by atoms with van der Waals surface area (Å²) < 4.78 is 11.3. The molecule has 1 atom stereocenters. The SMILES string of the molecule is CC(C)=CCC/C(C)=C/COC1O/C1=C(\C)CCC=C(C)C. The summed E-state index contributed by atoms with van der Waals surface area (Å²) in [5.74, 6) is 1.04. The molecule has 0 amide bonds. The van der Waals surface area contributed by atoms with Crippen molar-refractivity contribution in [3.63, 3.8) is 0 Å². The van der Waals surface area contributed by atoms with Gasteiger partial charge in [0.2, 0.25) is 0 Å². The van der Waals surface area contributed by atoms with E-state index in [1.165, 1.54) is 22.3 Å². The zero-order valence-corrected chi connectivity index (χ0v) is 15.2. The zero-order chi connectivity index (χ0) is 16.5. The molecule has 1 saturated heterocycles. The first-order chi connectivity index (χ1) is 10.4. The Kier molecular flexibility index (Phi) is 8.26. The largest absolute Gasteiger partial charge is 0.455 e. The number of hydrogen-bond donors (Lipinski definition) is 0. The van der Waals surface area contributed by atoms with E-state index in [0.29, 0.717) is 6.61 Å². The van der Waals surface area contributed by atoms with Gasteiger partial charge < -0.3 is 9.47 Å². The first kappa shape index (κ1) is 18.8. The predicted molar refractivity (Wildman–Crippen MR) is 94.6 cm³/mol. The van der Waals surface area contributed by atoms with Gasteiger partial charge in [0, 0.05) is 0 Å². The molecule has 1 aliphatic rings. The second kappa shape index (κ2) is 9.68. The van der Waals surface area contributed by atoms with Crippen LogP contribution in [0.3, 0.4) is 0 Å². The topological polar surface area (TPSA) is 21.8 Å². The molecular weight excluding hydrogens is 272 g/mol. The highest BCUT2D eigenvalue weighted by atomic mass is 16.8. The van der Waals surface area contributed by atoms with Gasteiger partial charge in [-0.15, -0.1) is 0 Å². The monoisotopic (exact) mass is 304 g/mol. The van der Waals surface area contributed by atoms with Gasteiger partial charge in [-0.2, -0.15) is 0 Å². The van der Waals surface area contributed by atoms with Crippen LogP contribution in [0, 0.1) is 0 Å². The third-order valence-electron chi connectivity index (χ3n) is 3.65. The van der Waals surface area contributed by atoms with Gasteiger partial charge in [-0.1, -0.05) is 34.9 Å². The summed E-state index contributed by atoms with van der Waals surface area (Å²) in [6, 6.07) is 0. The van der Waals surface area contributed by atoms with E-state index in [1.807, 2.05) is 0 Å². The lowest BCUT2D eigenvalue weighted by molar-refractivity contribution is 0.0692. The number of rotatable bonds is 9. The van der Waals surface area contributed by atoms with Crippen molar-refractivity contribution in [1.29, 1.82) is 0 Å². The lowest BCUT2D eigenvalue weighted by atomic mass is 10.1. The molecule has 1 unspecified atom stereocenters. The molecule has 0 aromatic carbocycles. The van der Waals surface area contributed by atoms with Crippen molar-refractivity contribution in [2.45, 2.75) is 73.5 Å². The van der Waals surface area contributed by atoms with Crippen molar-refractivity contribution in [3.05, 3.63) is 46.3 Å². The highest BCUT2D eigenvalue weighted by Crippen LogP contribution is 2.33. The smallest absolute Gasteiger partial charge is 0.258 e. The van der Waals surface area contributed by atoms with E-state index in [-0.39, 0.29) is 6.29 Å². The first-order valence-corrected chi connectivity index (χ1v) is 8.30. The highest BCUT2D eigenvalue weighted by Gasteiger charge is 2.35. The van der Waals surface area contributed by atoms with E-state index in [9.17, 15) is 0 Å². The minimum atomic E-state index is -0.103. The molecule has 1 heterocycles. The Balaban J connectivity index is 2.24. The van der Waals surface area contributed by atoms with Gasteiger partial charge in [-0.25, -0.2) is 0 Å². The molecule has 2 nitrogen and oxygen atoms in total. The van der Waals surface area contributed by atoms with Crippen LogP contribution in [0.4, 0.5) is 0 Å². The maximum Gasteiger partial charge on any atom is 0.258 e. The Morgan fingerprint density at radius 3 is 2.09 bits per heavy atom. The third kappa shape index (κ3) is 8.23. The maximum atomic E-state index is 5.72. The molecule has 22 heavy (non-hydrogen) atoms. The fourth-order valence-corrected chi connectivity index (χ4v) is 2.16. The van der Waals surface area contributed by atoms with E-state index < -0.39 is 0 Å². The Bertz CT molecular complexity index is 470. The van der Waals surface area contributed by atoms with Crippen LogP contribution >= 0.6 is 0 Å². The molecule has 0 aromatic rings. The minimum absolute atomic E-state index is 0.103. The van der Waals surface area contributed by atoms with Crippen molar-refractivity contribution in [2.24, 2.45) is 0 Å². The molecule has 0 aliphatic carbocycles. The summed E-state index contributed by atoms with van der Waals surface area (Å²) in [7, 11) is 0. The Morgan fingerprint density at radius 1 is 0.909 bits per heavy atom. The Labute approximate surface area is 136 Å². The molecule has 0 saturated carbocycles. The minimum Gasteiger partial charge on any atom is -0.455 e. The predicted octanol–water partition coefficient (Wildman–Crippen LogP) is 6.07. The molecule has 0 N–H and O–H groups in total. The molecule has 0 aromatic heterocycles. The highest BCUT2D eigenvalue weighted by molar-refractivity contribution is 5.18. The molecule has 1 fully saturated rings. The summed E-state index contributed by atoms with van der Waals surface area (Å²) in [6.45, 7) is 13.5. The zero-order valence-electron chi connectivity index (χ0n) is 15.2. The van der Waals surface area contributed by atoms with Gasteiger partial charge in [0.25, 0.3) is 6.29 Å². The van der Waals surface area contributed by atoms with Crippen LogP contribution in [-0.4, -0.2) is 12.9 Å². The third-order valence-corrected chi connectivity index (χ3v) is 3.65. The van der Waals surface area contributed by atoms with E-state index in [2.05, 4.69) is 59.8 Å². The molecule has 2 heteroatoms. The molecular formula is C20H32O2. The lowest BCUT2D eigenvalue weighted by Gasteiger charge is -1.99. The Morgan fingerprint density at radius 2 is 1.50 bits per heavy atom. The summed E-state index contributed by atoms with van der Waals surface area (Å²) in [4.78, 5) is 0. The lowest BCUT2D eigenvalue weighted by Crippen LogP contribution is -1.95. The van der Waals surface area contributed by atoms with Crippen LogP contribution in [0.5, 0.6) is 0 Å². The quantitative estimate of drug-likeness (QED) is 0.381. The van der Waals surface area contributed by atoms with Gasteiger partial charge in [0.1, 0.15) is 0 Å². The number of hydrogen-bond acceptors (Lipinski definition) is 2. The van der Waals surface area contributed by atoms with Gasteiger partial charge in [0.15, 0.2) is 5.76 Å². The normalized spacial score (nSPS) is 19.4. The van der Waals surface area contributed by atoms with E-state index in [4.69, 9.17) is 9.47 Å². The second-order valence-corrected chi connectivity index (χ2v) is 6.62. The molecule has 1 aliphatic heterocycles. The molecule has 0 spiro atoms. The van der Waals surface area contributed by atoms with Gasteiger partial charge >= 0.3 is 0 Å². The average Bonchev–Trinajstić information content (AvgIpc) is 3.17. The van der Waals surface area contributed by atoms with Crippen molar-refractivity contribution >= 4 is 0 Å². The van der Waals surface area contributed by atoms with E-state index in [1.54, 1.807) is 0 Å². The average molecular weight is 304 g/mol. The van der Waals surface area contributed by atoms with Crippen LogP contribution in [0.25, 0.3) is 0 Å². The standard InChI is InChI=1S/C20H32O2/c1-15(2)9-7-11-17(5)13-14-21-20-19(22-20)18(6)12-8-10-16(3)4/h9-10,13,20H,7-8,11-12,14H2,1-6H3/b17-13+,19-18+. The number of epoxide rings is 1. The van der Waals surface area contributed by atoms with Crippen molar-refractivity contribution in [2.75, 3.05) is 6.61 Å². The van der Waals surface area contributed by atoms with Crippen molar-refractivity contribution in [3.8, 4) is 0 Å². The van der Waals surface area contributed by atoms with Crippen LogP contribution in [0.2, 0.25) is 0 Å². The van der Waals surface area contributed by atoms with Crippen LogP contribution in [0.15, 0.2) is 46.3 Å². The summed E-state index contributed by atoms with van der Waals surface area (Å²) in [6.07, 6.45) is 10.9. The second-order valence-electron chi connectivity index (χ2n) is 6.62. The molecule has 0 bridgehead atoms. The summed E-state index contributed by atoms with van der Waals surface area (Å²) in [5.41, 5.74) is 5.44. The van der Waals surface area contributed by atoms with Crippen molar-refractivity contribution < 1.29 is 9.47 Å². The van der Waals surface area contributed by atoms with Crippen LogP contribution < -0.4 is 0 Å². The summed E-state index contributed by atoms with van der Waals surface area (Å²) >= 11 is 0. The maximum absolute atomic E-state index is 5.72. The first-order valence-electron chi connectivity index (χ1n) is 8.30. The van der Waals surface area contributed by atoms with Gasteiger partial charge in [-0.05, 0) is 72.8 Å². The van der Waals surface area contributed by atoms with Crippen LogP contribution in [-0.2, 0) is 9.47 Å². The van der Waals surface area contributed by atoms with Gasteiger partial charge in [-0.3, -0.25) is 0 Å². The fraction of sp³-hybridized carbons (Fsp3) is 0.600. The Hall–Kier alpha value is -1.28. The number of allylic oxidation sites excluding steroid dienone is 6. The van der Waals surface area contributed by atoms with Gasteiger partial charge in [0.05, 0.1) is 6.61 Å². The van der Waals surface area contributed by atoms with Crippen molar-refractivity contribution in [1.82, 2.24) is 0 Å². The van der Waals surface area contributed by atoms with Crippen LogP contribution in [0.1, 0.15) is 67.2 Å².